The van der Waals surface area contributed by atoms with Crippen LogP contribution >= 0.6 is 12.4 Å². The fourth-order valence-corrected chi connectivity index (χ4v) is 2.70. The number of amides is 1. The monoisotopic (exact) mass is 380 g/mol. The third kappa shape index (κ3) is 5.42. The Morgan fingerprint density at radius 2 is 2.12 bits per heavy atom. The van der Waals surface area contributed by atoms with Crippen molar-refractivity contribution >= 4 is 24.0 Å². The second-order valence-corrected chi connectivity index (χ2v) is 5.94. The zero-order chi connectivity index (χ0) is 17.6. The number of anilines is 1. The van der Waals surface area contributed by atoms with E-state index in [0.717, 1.165) is 5.56 Å². The molecule has 7 heteroatoms. The van der Waals surface area contributed by atoms with Crippen molar-refractivity contribution < 1.29 is 18.7 Å². The van der Waals surface area contributed by atoms with Crippen LogP contribution in [0.2, 0.25) is 0 Å². The molecule has 2 aromatic rings. The SMILES string of the molecule is C[C@H]1OCCN[C@@H]1C(=O)Nc1cccc(OCc2cccc(F)c2)c1.Cl. The minimum Gasteiger partial charge on any atom is -0.489 e. The van der Waals surface area contributed by atoms with E-state index in [2.05, 4.69) is 10.6 Å². The van der Waals surface area contributed by atoms with Crippen molar-refractivity contribution in [1.29, 1.82) is 0 Å². The summed E-state index contributed by atoms with van der Waals surface area (Å²) >= 11 is 0. The molecule has 1 fully saturated rings. The number of rotatable bonds is 5. The molecule has 2 atom stereocenters. The molecule has 0 spiro atoms. The minimum absolute atomic E-state index is 0. The standard InChI is InChI=1S/C19H21FN2O3.ClH/c1-13-18(21-8-9-24-13)19(23)22-16-6-3-7-17(11-16)25-12-14-4-2-5-15(20)10-14;/h2-7,10-11,13,18,21H,8-9,12H2,1H3,(H,22,23);1H/t13-,18+;/m1./s1. The van der Waals surface area contributed by atoms with Crippen LogP contribution in [0.15, 0.2) is 48.5 Å². The highest BCUT2D eigenvalue weighted by Gasteiger charge is 2.28. The maximum Gasteiger partial charge on any atom is 0.244 e. The lowest BCUT2D eigenvalue weighted by Crippen LogP contribution is -2.53. The first-order valence-corrected chi connectivity index (χ1v) is 8.25. The third-order valence-corrected chi connectivity index (χ3v) is 4.00. The number of ether oxygens (including phenoxy) is 2. The number of halogens is 2. The molecule has 1 heterocycles. The van der Waals surface area contributed by atoms with E-state index in [1.165, 1.54) is 12.1 Å². The average Bonchev–Trinajstić information content (AvgIpc) is 2.61. The van der Waals surface area contributed by atoms with Crippen LogP contribution in [0.5, 0.6) is 5.75 Å². The second-order valence-electron chi connectivity index (χ2n) is 5.94. The lowest BCUT2D eigenvalue weighted by molar-refractivity contribution is -0.123. The summed E-state index contributed by atoms with van der Waals surface area (Å²) in [5.74, 6) is 0.163. The summed E-state index contributed by atoms with van der Waals surface area (Å²) in [5.41, 5.74) is 1.38. The van der Waals surface area contributed by atoms with Gasteiger partial charge in [-0.05, 0) is 36.8 Å². The zero-order valence-electron chi connectivity index (χ0n) is 14.4. The molecule has 140 valence electrons. The molecule has 0 aromatic heterocycles. The lowest BCUT2D eigenvalue weighted by atomic mass is 10.1. The maximum atomic E-state index is 13.2. The quantitative estimate of drug-likeness (QED) is 0.836. The van der Waals surface area contributed by atoms with Gasteiger partial charge in [0.05, 0.1) is 12.7 Å². The fraction of sp³-hybridized carbons (Fsp3) is 0.316. The van der Waals surface area contributed by atoms with Gasteiger partial charge in [0, 0.05) is 18.3 Å². The summed E-state index contributed by atoms with van der Waals surface area (Å²) in [5, 5.41) is 6.02. The predicted octanol–water partition coefficient (Wildman–Crippen LogP) is 3.14. The van der Waals surface area contributed by atoms with Crippen LogP contribution in [0, 0.1) is 5.82 Å². The van der Waals surface area contributed by atoms with Gasteiger partial charge in [-0.1, -0.05) is 18.2 Å². The molecule has 1 saturated heterocycles. The van der Waals surface area contributed by atoms with Crippen molar-refractivity contribution in [3.05, 3.63) is 59.9 Å². The Balaban J connectivity index is 0.00000243. The van der Waals surface area contributed by atoms with Gasteiger partial charge in [-0.25, -0.2) is 4.39 Å². The summed E-state index contributed by atoms with van der Waals surface area (Å²) in [4.78, 5) is 12.4. The van der Waals surface area contributed by atoms with E-state index in [1.54, 1.807) is 36.4 Å². The summed E-state index contributed by atoms with van der Waals surface area (Å²) in [6.07, 6.45) is -0.179. The van der Waals surface area contributed by atoms with Crippen LogP contribution in [0.1, 0.15) is 12.5 Å². The van der Waals surface area contributed by atoms with Gasteiger partial charge in [0.15, 0.2) is 0 Å². The minimum atomic E-state index is -0.384. The molecule has 1 aliphatic rings. The van der Waals surface area contributed by atoms with E-state index in [0.29, 0.717) is 24.6 Å². The summed E-state index contributed by atoms with van der Waals surface area (Å²) in [6.45, 7) is 3.38. The van der Waals surface area contributed by atoms with Gasteiger partial charge in [0.2, 0.25) is 5.91 Å². The molecular formula is C19H22ClFN2O3. The molecule has 2 N–H and O–H groups in total. The van der Waals surface area contributed by atoms with Crippen LogP contribution < -0.4 is 15.4 Å². The molecule has 2 aromatic carbocycles. The van der Waals surface area contributed by atoms with Crippen molar-refractivity contribution in [3.8, 4) is 5.75 Å². The van der Waals surface area contributed by atoms with E-state index < -0.39 is 0 Å². The highest BCUT2D eigenvalue weighted by molar-refractivity contribution is 5.95. The van der Waals surface area contributed by atoms with Crippen LogP contribution in [0.4, 0.5) is 10.1 Å². The van der Waals surface area contributed by atoms with Crippen LogP contribution in [-0.2, 0) is 16.1 Å². The number of carbonyl (C=O) groups excluding carboxylic acids is 1. The van der Waals surface area contributed by atoms with E-state index >= 15 is 0 Å². The summed E-state index contributed by atoms with van der Waals surface area (Å²) < 4.78 is 24.4. The van der Waals surface area contributed by atoms with E-state index in [4.69, 9.17) is 9.47 Å². The smallest absolute Gasteiger partial charge is 0.244 e. The van der Waals surface area contributed by atoms with Gasteiger partial charge < -0.3 is 20.1 Å². The molecular weight excluding hydrogens is 359 g/mol. The molecule has 1 aliphatic heterocycles. The summed E-state index contributed by atoms with van der Waals surface area (Å²) in [6, 6.07) is 13.0. The molecule has 0 radical (unpaired) electrons. The van der Waals surface area contributed by atoms with Gasteiger partial charge in [0.25, 0.3) is 0 Å². The highest BCUT2D eigenvalue weighted by atomic mass is 35.5. The normalized spacial score (nSPS) is 19.3. The van der Waals surface area contributed by atoms with Crippen LogP contribution in [-0.4, -0.2) is 31.2 Å². The molecule has 26 heavy (non-hydrogen) atoms. The fourth-order valence-electron chi connectivity index (χ4n) is 2.70. The third-order valence-electron chi connectivity index (χ3n) is 4.00. The molecule has 3 rings (SSSR count). The lowest BCUT2D eigenvalue weighted by Gasteiger charge is -2.29. The Kier molecular flexibility index (Phi) is 7.38. The van der Waals surface area contributed by atoms with Crippen molar-refractivity contribution in [3.63, 3.8) is 0 Å². The number of nitrogens with one attached hydrogen (secondary N) is 2. The van der Waals surface area contributed by atoms with Crippen LogP contribution in [0.3, 0.4) is 0 Å². The first kappa shape index (κ1) is 20.2. The first-order chi connectivity index (χ1) is 12.1. The zero-order valence-corrected chi connectivity index (χ0v) is 15.2. The maximum absolute atomic E-state index is 13.2. The van der Waals surface area contributed by atoms with Gasteiger partial charge in [-0.3, -0.25) is 4.79 Å². The van der Waals surface area contributed by atoms with Crippen molar-refractivity contribution in [1.82, 2.24) is 5.32 Å². The van der Waals surface area contributed by atoms with Gasteiger partial charge in [0.1, 0.15) is 24.2 Å². The van der Waals surface area contributed by atoms with E-state index in [9.17, 15) is 9.18 Å². The van der Waals surface area contributed by atoms with Gasteiger partial charge in [-0.15, -0.1) is 12.4 Å². The van der Waals surface area contributed by atoms with E-state index in [1.807, 2.05) is 6.92 Å². The molecule has 5 nitrogen and oxygen atoms in total. The molecule has 0 saturated carbocycles. The predicted molar refractivity (Wildman–Crippen MR) is 100 cm³/mol. The number of benzene rings is 2. The largest absolute Gasteiger partial charge is 0.489 e. The Morgan fingerprint density at radius 3 is 2.88 bits per heavy atom. The van der Waals surface area contributed by atoms with E-state index in [-0.39, 0.29) is 42.9 Å². The Labute approximate surface area is 158 Å². The number of carbonyl (C=O) groups is 1. The number of morpholine rings is 1. The summed E-state index contributed by atoms with van der Waals surface area (Å²) in [7, 11) is 0. The molecule has 0 aliphatic carbocycles. The average molecular weight is 381 g/mol. The van der Waals surface area contributed by atoms with Gasteiger partial charge >= 0.3 is 0 Å². The Hall–Kier alpha value is -2.15. The van der Waals surface area contributed by atoms with Crippen molar-refractivity contribution in [2.75, 3.05) is 18.5 Å². The molecule has 1 amide bonds. The Bertz CT molecular complexity index is 744. The van der Waals surface area contributed by atoms with Crippen molar-refractivity contribution in [2.24, 2.45) is 0 Å². The topological polar surface area (TPSA) is 59.6 Å². The highest BCUT2D eigenvalue weighted by Crippen LogP contribution is 2.19. The first-order valence-electron chi connectivity index (χ1n) is 8.25. The van der Waals surface area contributed by atoms with Crippen molar-refractivity contribution in [2.45, 2.75) is 25.7 Å². The van der Waals surface area contributed by atoms with Gasteiger partial charge in [-0.2, -0.15) is 0 Å². The Morgan fingerprint density at radius 1 is 1.31 bits per heavy atom. The second kappa shape index (κ2) is 9.52. The van der Waals surface area contributed by atoms with Crippen LogP contribution in [0.25, 0.3) is 0 Å². The number of hydrogen-bond donors (Lipinski definition) is 2. The number of hydrogen-bond acceptors (Lipinski definition) is 4. The molecule has 0 bridgehead atoms. The molecule has 0 unspecified atom stereocenters.